The van der Waals surface area contributed by atoms with E-state index >= 15 is 0 Å². The predicted molar refractivity (Wildman–Crippen MR) is 82.2 cm³/mol. The molecule has 0 aliphatic heterocycles. The van der Waals surface area contributed by atoms with Crippen LogP contribution in [0.3, 0.4) is 0 Å². The third-order valence-electron chi connectivity index (χ3n) is 2.71. The van der Waals surface area contributed by atoms with Crippen LogP contribution < -0.4 is 5.73 Å². The van der Waals surface area contributed by atoms with E-state index in [1.807, 2.05) is 18.2 Å². The first-order valence-corrected chi connectivity index (χ1v) is 6.60. The highest BCUT2D eigenvalue weighted by atomic mass is 35.5. The molecule has 2 N–H and O–H groups in total. The molecule has 0 bridgehead atoms. The van der Waals surface area contributed by atoms with Crippen molar-refractivity contribution in [3.05, 3.63) is 34.3 Å². The Hall–Kier alpha value is -0.680. The minimum Gasteiger partial charge on any atom is -0.389 e. The molecule has 0 fully saturated rings. The molecule has 0 unspecified atom stereocenters. The van der Waals surface area contributed by atoms with E-state index in [0.29, 0.717) is 4.99 Å². The lowest BCUT2D eigenvalue weighted by atomic mass is 10.1. The van der Waals surface area contributed by atoms with Crippen LogP contribution in [0.1, 0.15) is 11.1 Å². The highest BCUT2D eigenvalue weighted by Crippen LogP contribution is 2.19. The highest BCUT2D eigenvalue weighted by Gasteiger charge is 2.07. The number of hydrogen-bond donors (Lipinski definition) is 1. The van der Waals surface area contributed by atoms with Gasteiger partial charge in [0.2, 0.25) is 0 Å². The largest absolute Gasteiger partial charge is 0.389 e. The lowest BCUT2D eigenvalue weighted by Crippen LogP contribution is -2.28. The van der Waals surface area contributed by atoms with Gasteiger partial charge in [-0.3, -0.25) is 0 Å². The predicted octanol–water partition coefficient (Wildman–Crippen LogP) is 1.97. The second kappa shape index (κ2) is 7.04. The van der Waals surface area contributed by atoms with Gasteiger partial charge in [0, 0.05) is 30.2 Å². The molecule has 0 aliphatic carbocycles. The molecule has 100 valence electrons. The Morgan fingerprint density at radius 3 is 2.44 bits per heavy atom. The Balaban J connectivity index is 2.64. The van der Waals surface area contributed by atoms with E-state index in [1.54, 1.807) is 0 Å². The van der Waals surface area contributed by atoms with Crippen molar-refractivity contribution in [1.82, 2.24) is 9.80 Å². The van der Waals surface area contributed by atoms with Gasteiger partial charge in [-0.15, -0.1) is 0 Å². The average Bonchev–Trinajstić information content (AvgIpc) is 2.29. The summed E-state index contributed by atoms with van der Waals surface area (Å²) in [6.45, 7) is 2.85. The van der Waals surface area contributed by atoms with Crippen LogP contribution in [0.5, 0.6) is 0 Å². The summed E-state index contributed by atoms with van der Waals surface area (Å²) in [5.74, 6) is 0. The number of rotatable bonds is 6. The van der Waals surface area contributed by atoms with E-state index in [9.17, 15) is 0 Å². The van der Waals surface area contributed by atoms with Crippen molar-refractivity contribution in [2.75, 3.05) is 34.2 Å². The highest BCUT2D eigenvalue weighted by molar-refractivity contribution is 7.80. The van der Waals surface area contributed by atoms with E-state index in [1.165, 1.54) is 0 Å². The van der Waals surface area contributed by atoms with Crippen molar-refractivity contribution in [2.45, 2.75) is 6.54 Å². The number of nitrogens with zero attached hydrogens (tertiary/aromatic N) is 2. The zero-order valence-corrected chi connectivity index (χ0v) is 12.7. The van der Waals surface area contributed by atoms with Gasteiger partial charge in [0.05, 0.1) is 0 Å². The molecule has 18 heavy (non-hydrogen) atoms. The van der Waals surface area contributed by atoms with Gasteiger partial charge < -0.3 is 15.5 Å². The first-order chi connectivity index (χ1) is 8.40. The number of hydrogen-bond acceptors (Lipinski definition) is 3. The van der Waals surface area contributed by atoms with Crippen LogP contribution >= 0.6 is 23.8 Å². The minimum absolute atomic E-state index is 0.379. The van der Waals surface area contributed by atoms with E-state index in [-0.39, 0.29) is 0 Å². The summed E-state index contributed by atoms with van der Waals surface area (Å²) in [4.78, 5) is 4.78. The van der Waals surface area contributed by atoms with Crippen LogP contribution in [-0.4, -0.2) is 49.0 Å². The van der Waals surface area contributed by atoms with Crippen LogP contribution in [0.15, 0.2) is 18.2 Å². The summed E-state index contributed by atoms with van der Waals surface area (Å²) in [7, 11) is 6.22. The number of nitrogens with two attached hydrogens (primary N) is 1. The van der Waals surface area contributed by atoms with Crippen molar-refractivity contribution >= 4 is 28.8 Å². The molecule has 0 amide bonds. The quantitative estimate of drug-likeness (QED) is 0.810. The molecule has 0 saturated carbocycles. The Morgan fingerprint density at radius 2 is 1.94 bits per heavy atom. The molecule has 1 aromatic rings. The SMILES string of the molecule is CN(C)CCN(C)Cc1ccc(C(N)=S)cc1Cl. The summed E-state index contributed by atoms with van der Waals surface area (Å²) < 4.78 is 0. The number of likely N-dealkylation sites (N-methyl/N-ethyl adjacent to an activating group) is 2. The number of benzene rings is 1. The van der Waals surface area contributed by atoms with Crippen LogP contribution in [0, 0.1) is 0 Å². The molecular weight excluding hydrogens is 266 g/mol. The van der Waals surface area contributed by atoms with Gasteiger partial charge in [-0.05, 0) is 32.8 Å². The molecule has 0 aromatic heterocycles. The Labute approximate surface area is 120 Å². The summed E-state index contributed by atoms with van der Waals surface area (Å²) in [5.41, 5.74) is 7.48. The van der Waals surface area contributed by atoms with Crippen molar-refractivity contribution in [3.8, 4) is 0 Å². The fraction of sp³-hybridized carbons (Fsp3) is 0.462. The maximum Gasteiger partial charge on any atom is 0.104 e. The summed E-state index contributed by atoms with van der Waals surface area (Å²) >= 11 is 11.2. The molecule has 1 rings (SSSR count). The molecule has 0 aliphatic rings. The van der Waals surface area contributed by atoms with Gasteiger partial charge in [0.15, 0.2) is 0 Å². The van der Waals surface area contributed by atoms with Crippen molar-refractivity contribution in [1.29, 1.82) is 0 Å². The zero-order chi connectivity index (χ0) is 13.7. The molecule has 3 nitrogen and oxygen atoms in total. The third-order valence-corrected chi connectivity index (χ3v) is 3.29. The normalized spacial score (nSPS) is 11.2. The lowest BCUT2D eigenvalue weighted by Gasteiger charge is -2.20. The summed E-state index contributed by atoms with van der Waals surface area (Å²) in [5, 5.41) is 0.719. The van der Waals surface area contributed by atoms with Gasteiger partial charge in [-0.2, -0.15) is 0 Å². The maximum absolute atomic E-state index is 6.23. The Bertz CT molecular complexity index is 421. The molecule has 0 atom stereocenters. The van der Waals surface area contributed by atoms with Gasteiger partial charge in [-0.25, -0.2) is 0 Å². The zero-order valence-electron chi connectivity index (χ0n) is 11.1. The maximum atomic E-state index is 6.23. The van der Waals surface area contributed by atoms with E-state index in [0.717, 1.165) is 35.8 Å². The summed E-state index contributed by atoms with van der Waals surface area (Å²) in [6, 6.07) is 5.74. The monoisotopic (exact) mass is 285 g/mol. The molecule has 0 saturated heterocycles. The third kappa shape index (κ3) is 4.90. The second-order valence-corrected chi connectivity index (χ2v) is 5.56. The summed E-state index contributed by atoms with van der Waals surface area (Å²) in [6.07, 6.45) is 0. The molecule has 0 radical (unpaired) electrons. The van der Waals surface area contributed by atoms with Crippen molar-refractivity contribution in [2.24, 2.45) is 5.73 Å². The van der Waals surface area contributed by atoms with Gasteiger partial charge >= 0.3 is 0 Å². The Kier molecular flexibility index (Phi) is 6.02. The van der Waals surface area contributed by atoms with Crippen molar-refractivity contribution < 1.29 is 0 Å². The Morgan fingerprint density at radius 1 is 1.28 bits per heavy atom. The molecule has 1 aromatic carbocycles. The number of thiocarbonyl (C=S) groups is 1. The van der Waals surface area contributed by atoms with E-state index in [2.05, 4.69) is 30.9 Å². The standard InChI is InChI=1S/C13H20ClN3S/c1-16(2)6-7-17(3)9-11-5-4-10(13(15)18)8-12(11)14/h4-5,8H,6-7,9H2,1-3H3,(H2,15,18). The number of halogens is 1. The topological polar surface area (TPSA) is 32.5 Å². The van der Waals surface area contributed by atoms with Gasteiger partial charge in [-0.1, -0.05) is 36.0 Å². The smallest absolute Gasteiger partial charge is 0.104 e. The second-order valence-electron chi connectivity index (χ2n) is 4.71. The fourth-order valence-electron chi connectivity index (χ4n) is 1.57. The molecule has 0 heterocycles. The minimum atomic E-state index is 0.379. The fourth-order valence-corrected chi connectivity index (χ4v) is 1.94. The van der Waals surface area contributed by atoms with Crippen LogP contribution in [0.4, 0.5) is 0 Å². The lowest BCUT2D eigenvalue weighted by molar-refractivity contribution is 0.276. The molecular formula is C13H20ClN3S. The first kappa shape index (κ1) is 15.4. The van der Waals surface area contributed by atoms with Gasteiger partial charge in [0.1, 0.15) is 4.99 Å². The van der Waals surface area contributed by atoms with Crippen LogP contribution in [0.2, 0.25) is 5.02 Å². The van der Waals surface area contributed by atoms with Gasteiger partial charge in [0.25, 0.3) is 0 Å². The van der Waals surface area contributed by atoms with E-state index < -0.39 is 0 Å². The van der Waals surface area contributed by atoms with Crippen LogP contribution in [0.25, 0.3) is 0 Å². The van der Waals surface area contributed by atoms with Crippen LogP contribution in [-0.2, 0) is 6.54 Å². The average molecular weight is 286 g/mol. The molecule has 5 heteroatoms. The molecule has 0 spiro atoms. The van der Waals surface area contributed by atoms with E-state index in [4.69, 9.17) is 29.6 Å². The van der Waals surface area contributed by atoms with Crippen molar-refractivity contribution in [3.63, 3.8) is 0 Å². The first-order valence-electron chi connectivity index (χ1n) is 5.81.